The zero-order chi connectivity index (χ0) is 26.7. The number of carbonyl (C=O) groups excluding carboxylic acids is 3. The third-order valence-corrected chi connectivity index (χ3v) is 7.84. The van der Waals surface area contributed by atoms with E-state index >= 15 is 0 Å². The van der Waals surface area contributed by atoms with Gasteiger partial charge in [-0.3, -0.25) is 9.59 Å². The Morgan fingerprint density at radius 1 is 0.838 bits per heavy atom. The number of nitrogens with one attached hydrogen (secondary N) is 1. The number of halogens is 2. The maximum atomic E-state index is 13.4. The number of benzene rings is 2. The lowest BCUT2D eigenvalue weighted by Crippen LogP contribution is -2.42. The Morgan fingerprint density at radius 2 is 1.38 bits per heavy atom. The second kappa shape index (κ2) is 9.14. The van der Waals surface area contributed by atoms with Gasteiger partial charge in [-0.05, 0) is 59.6 Å². The van der Waals surface area contributed by atoms with Crippen molar-refractivity contribution in [1.29, 1.82) is 0 Å². The van der Waals surface area contributed by atoms with E-state index in [-0.39, 0.29) is 33.0 Å². The molecule has 3 aliphatic rings. The van der Waals surface area contributed by atoms with Gasteiger partial charge >= 0.3 is 5.97 Å². The number of Topliss-reactive ketones (excluding diaryl/α,β-unsaturated/α-hetero) is 2. The molecule has 2 aliphatic carbocycles. The highest BCUT2D eigenvalue weighted by Gasteiger charge is 2.46. The zero-order valence-corrected chi connectivity index (χ0v) is 22.8. The minimum atomic E-state index is -0.597. The molecule has 5 rings (SSSR count). The number of esters is 1. The third kappa shape index (κ3) is 4.99. The van der Waals surface area contributed by atoms with Crippen molar-refractivity contribution in [2.24, 2.45) is 10.8 Å². The summed E-state index contributed by atoms with van der Waals surface area (Å²) < 4.78 is 5.54. The first-order valence-electron chi connectivity index (χ1n) is 12.4. The minimum absolute atomic E-state index is 0.0702. The second-order valence-electron chi connectivity index (χ2n) is 11.8. The van der Waals surface area contributed by atoms with E-state index in [0.29, 0.717) is 34.8 Å². The third-order valence-electron chi connectivity index (χ3n) is 7.29. The van der Waals surface area contributed by atoms with Crippen molar-refractivity contribution in [1.82, 2.24) is 5.32 Å². The van der Waals surface area contributed by atoms with Crippen LogP contribution in [0.4, 0.5) is 0 Å². The molecule has 0 atom stereocenters. The van der Waals surface area contributed by atoms with Gasteiger partial charge in [0.05, 0.1) is 10.6 Å². The van der Waals surface area contributed by atoms with Gasteiger partial charge in [-0.1, -0.05) is 63.0 Å². The van der Waals surface area contributed by atoms with Crippen LogP contribution in [0.25, 0.3) is 0 Å². The molecule has 0 unspecified atom stereocenters. The summed E-state index contributed by atoms with van der Waals surface area (Å²) in [7, 11) is 0. The fraction of sp³-hybridized carbons (Fsp3) is 0.367. The highest BCUT2D eigenvalue weighted by Crippen LogP contribution is 2.51. The molecule has 0 radical (unpaired) electrons. The molecule has 2 aromatic rings. The molecule has 0 bridgehead atoms. The summed E-state index contributed by atoms with van der Waals surface area (Å²) in [6, 6.07) is 11.6. The van der Waals surface area contributed by atoms with Crippen molar-refractivity contribution in [2.75, 3.05) is 0 Å². The van der Waals surface area contributed by atoms with Crippen LogP contribution in [0, 0.1) is 10.8 Å². The molecule has 1 aliphatic heterocycles. The predicted molar refractivity (Wildman–Crippen MR) is 144 cm³/mol. The van der Waals surface area contributed by atoms with Crippen molar-refractivity contribution >= 4 is 40.7 Å². The molecule has 0 spiro atoms. The van der Waals surface area contributed by atoms with Gasteiger partial charge in [0.1, 0.15) is 5.75 Å². The standard InChI is InChI=1S/C30H29Cl2NO4/c1-29(2)12-21-26(23(34)14-29)25(27-22(33-21)13-30(3,4)15-24(27)35)16-5-8-18(9-6-16)37-28(36)19-10-7-17(31)11-20(19)32/h5-11,25,33H,12-15H2,1-4H3. The van der Waals surface area contributed by atoms with E-state index in [1.54, 1.807) is 18.2 Å². The van der Waals surface area contributed by atoms with Crippen LogP contribution in [-0.4, -0.2) is 17.5 Å². The number of rotatable bonds is 3. The smallest absolute Gasteiger partial charge is 0.345 e. The average molecular weight is 538 g/mol. The first-order valence-corrected chi connectivity index (χ1v) is 13.2. The highest BCUT2D eigenvalue weighted by atomic mass is 35.5. The summed E-state index contributed by atoms with van der Waals surface area (Å²) in [6.07, 6.45) is 2.36. The Labute approximate surface area is 226 Å². The van der Waals surface area contributed by atoms with Gasteiger partial charge < -0.3 is 10.1 Å². The van der Waals surface area contributed by atoms with Gasteiger partial charge in [0.2, 0.25) is 0 Å². The first kappa shape index (κ1) is 25.7. The maximum Gasteiger partial charge on any atom is 0.345 e. The van der Waals surface area contributed by atoms with Gasteiger partial charge in [0.25, 0.3) is 0 Å². The number of dihydropyridines is 1. The highest BCUT2D eigenvalue weighted by molar-refractivity contribution is 6.36. The predicted octanol–water partition coefficient (Wildman–Crippen LogP) is 7.19. The van der Waals surface area contributed by atoms with Crippen LogP contribution in [0.2, 0.25) is 10.0 Å². The molecule has 0 amide bonds. The second-order valence-corrected chi connectivity index (χ2v) is 12.7. The molecule has 2 aromatic carbocycles. The number of allylic oxidation sites excluding steroid dienone is 4. The van der Waals surface area contributed by atoms with Crippen LogP contribution < -0.4 is 10.1 Å². The van der Waals surface area contributed by atoms with Crippen LogP contribution >= 0.6 is 23.2 Å². The average Bonchev–Trinajstić information content (AvgIpc) is 2.76. The van der Waals surface area contributed by atoms with Crippen LogP contribution in [0.15, 0.2) is 65.0 Å². The van der Waals surface area contributed by atoms with E-state index < -0.39 is 11.9 Å². The van der Waals surface area contributed by atoms with Crippen molar-refractivity contribution < 1.29 is 19.1 Å². The lowest BCUT2D eigenvalue weighted by molar-refractivity contribution is -0.119. The van der Waals surface area contributed by atoms with E-state index in [2.05, 4.69) is 33.0 Å². The van der Waals surface area contributed by atoms with Gasteiger partial charge in [-0.25, -0.2) is 4.79 Å². The lowest BCUT2D eigenvalue weighted by Gasteiger charge is -2.44. The Balaban J connectivity index is 1.51. The molecule has 5 nitrogen and oxygen atoms in total. The van der Waals surface area contributed by atoms with Crippen molar-refractivity contribution in [2.45, 2.75) is 59.3 Å². The van der Waals surface area contributed by atoms with Crippen LogP contribution in [0.3, 0.4) is 0 Å². The maximum absolute atomic E-state index is 13.4. The largest absolute Gasteiger partial charge is 0.423 e. The van der Waals surface area contributed by atoms with Crippen LogP contribution in [0.1, 0.15) is 75.2 Å². The summed E-state index contributed by atoms with van der Waals surface area (Å²) in [5, 5.41) is 4.16. The molecule has 0 saturated carbocycles. The quantitative estimate of drug-likeness (QED) is 0.331. The summed E-state index contributed by atoms with van der Waals surface area (Å²) in [6.45, 7) is 8.39. The van der Waals surface area contributed by atoms with Crippen molar-refractivity contribution in [3.8, 4) is 5.75 Å². The van der Waals surface area contributed by atoms with E-state index in [1.165, 1.54) is 12.1 Å². The summed E-state index contributed by atoms with van der Waals surface area (Å²) in [4.78, 5) is 39.5. The molecule has 1 N–H and O–H groups in total. The molecule has 192 valence electrons. The molecule has 0 aromatic heterocycles. The van der Waals surface area contributed by atoms with Gasteiger partial charge in [-0.2, -0.15) is 0 Å². The molecule has 7 heteroatoms. The van der Waals surface area contributed by atoms with Crippen LogP contribution in [0.5, 0.6) is 5.75 Å². The molecular weight excluding hydrogens is 509 g/mol. The van der Waals surface area contributed by atoms with E-state index in [0.717, 1.165) is 29.8 Å². The lowest BCUT2D eigenvalue weighted by atomic mass is 9.64. The molecule has 1 heterocycles. The normalized spacial score (nSPS) is 20.8. The van der Waals surface area contributed by atoms with Crippen molar-refractivity contribution in [3.63, 3.8) is 0 Å². The number of hydrogen-bond acceptors (Lipinski definition) is 5. The summed E-state index contributed by atoms with van der Waals surface area (Å²) >= 11 is 12.1. The molecule has 0 fully saturated rings. The Hall–Kier alpha value is -2.89. The molecule has 0 saturated heterocycles. The van der Waals surface area contributed by atoms with E-state index in [9.17, 15) is 14.4 Å². The number of ketones is 2. The SMILES string of the molecule is CC1(C)CC(=O)C2=C(C1)NC1=C(C(=O)CC(C)(C)C1)C2c1ccc(OC(=O)c2ccc(Cl)cc2Cl)cc1. The number of hydrogen-bond donors (Lipinski definition) is 1. The molecule has 37 heavy (non-hydrogen) atoms. The van der Waals surface area contributed by atoms with Gasteiger partial charge in [0, 0.05) is 46.3 Å². The Kier molecular flexibility index (Phi) is 6.36. The van der Waals surface area contributed by atoms with Gasteiger partial charge in [0.15, 0.2) is 11.6 Å². The van der Waals surface area contributed by atoms with Gasteiger partial charge in [-0.15, -0.1) is 0 Å². The first-order chi connectivity index (χ1) is 17.3. The summed E-state index contributed by atoms with van der Waals surface area (Å²) in [5.74, 6) is -0.555. The van der Waals surface area contributed by atoms with Crippen molar-refractivity contribution in [3.05, 3.63) is 86.2 Å². The monoisotopic (exact) mass is 537 g/mol. The summed E-state index contributed by atoms with van der Waals surface area (Å²) in [5.41, 5.74) is 3.94. The van der Waals surface area contributed by atoms with Crippen LogP contribution in [-0.2, 0) is 9.59 Å². The molecular formula is C30H29Cl2NO4. The Bertz CT molecular complexity index is 1350. The van der Waals surface area contributed by atoms with E-state index in [1.807, 2.05) is 12.1 Å². The fourth-order valence-corrected chi connectivity index (χ4v) is 6.25. The van der Waals surface area contributed by atoms with E-state index in [4.69, 9.17) is 27.9 Å². The Morgan fingerprint density at radius 3 is 1.89 bits per heavy atom. The minimum Gasteiger partial charge on any atom is -0.423 e. The number of ether oxygens (including phenoxy) is 1. The fourth-order valence-electron chi connectivity index (χ4n) is 5.77. The zero-order valence-electron chi connectivity index (χ0n) is 21.3. The number of carbonyl (C=O) groups is 3. The topological polar surface area (TPSA) is 72.5 Å².